The van der Waals surface area contributed by atoms with E-state index in [0.717, 1.165) is 31.9 Å². The molecule has 0 saturated heterocycles. The van der Waals surface area contributed by atoms with E-state index >= 15 is 0 Å². The molecule has 3 heteroatoms. The van der Waals surface area contributed by atoms with Gasteiger partial charge in [0.1, 0.15) is 0 Å². The summed E-state index contributed by atoms with van der Waals surface area (Å²) in [6.07, 6.45) is 0. The van der Waals surface area contributed by atoms with Gasteiger partial charge in [-0.05, 0) is 45.0 Å². The highest BCUT2D eigenvalue weighted by Gasteiger charge is 2.08. The van der Waals surface area contributed by atoms with Crippen LogP contribution in [0.15, 0.2) is 18.2 Å². The number of hydrogen-bond donors (Lipinski definition) is 1. The van der Waals surface area contributed by atoms with E-state index in [1.165, 1.54) is 5.69 Å². The second kappa shape index (κ2) is 8.28. The average molecular weight is 263 g/mol. The van der Waals surface area contributed by atoms with Crippen LogP contribution in [0.5, 0.6) is 0 Å². The average Bonchev–Trinajstić information content (AvgIpc) is 2.35. The van der Waals surface area contributed by atoms with Crippen molar-refractivity contribution in [1.29, 1.82) is 0 Å². The molecule has 1 aromatic heterocycles. The van der Waals surface area contributed by atoms with Crippen LogP contribution in [0.3, 0.4) is 0 Å². The van der Waals surface area contributed by atoms with Gasteiger partial charge in [-0.2, -0.15) is 0 Å². The fourth-order valence-corrected chi connectivity index (χ4v) is 2.07. The van der Waals surface area contributed by atoms with E-state index in [1.807, 2.05) is 0 Å². The summed E-state index contributed by atoms with van der Waals surface area (Å²) in [4.78, 5) is 7.16. The molecule has 19 heavy (non-hydrogen) atoms. The van der Waals surface area contributed by atoms with Crippen LogP contribution in [0.2, 0.25) is 0 Å². The van der Waals surface area contributed by atoms with Crippen molar-refractivity contribution in [3.8, 4) is 0 Å². The molecule has 0 saturated carbocycles. The van der Waals surface area contributed by atoms with Crippen LogP contribution in [-0.4, -0.2) is 29.0 Å². The molecule has 0 spiro atoms. The van der Waals surface area contributed by atoms with Crippen molar-refractivity contribution in [2.24, 2.45) is 5.92 Å². The minimum atomic E-state index is 0.564. The largest absolute Gasteiger partial charge is 0.311 e. The van der Waals surface area contributed by atoms with Crippen LogP contribution < -0.4 is 5.32 Å². The van der Waals surface area contributed by atoms with Crippen LogP contribution in [0.25, 0.3) is 0 Å². The van der Waals surface area contributed by atoms with Gasteiger partial charge in [0.2, 0.25) is 0 Å². The Bertz CT molecular complexity index is 361. The summed E-state index contributed by atoms with van der Waals surface area (Å²) in [5.74, 6) is 0.680. The summed E-state index contributed by atoms with van der Waals surface area (Å²) in [7, 11) is 0. The lowest BCUT2D eigenvalue weighted by molar-refractivity contribution is 0.222. The van der Waals surface area contributed by atoms with Gasteiger partial charge in [-0.1, -0.05) is 26.8 Å². The maximum absolute atomic E-state index is 4.74. The minimum absolute atomic E-state index is 0.564. The first kappa shape index (κ1) is 16.1. The van der Waals surface area contributed by atoms with E-state index in [4.69, 9.17) is 4.98 Å². The summed E-state index contributed by atoms with van der Waals surface area (Å²) < 4.78 is 0. The lowest BCUT2D eigenvalue weighted by atomic mass is 10.2. The molecule has 0 unspecified atom stereocenters. The molecule has 0 aliphatic carbocycles. The van der Waals surface area contributed by atoms with Crippen molar-refractivity contribution < 1.29 is 0 Å². The monoisotopic (exact) mass is 263 g/mol. The zero-order chi connectivity index (χ0) is 14.3. The van der Waals surface area contributed by atoms with Gasteiger partial charge in [0.15, 0.2) is 0 Å². The highest BCUT2D eigenvalue weighted by atomic mass is 15.1. The molecule has 1 aromatic rings. The summed E-state index contributed by atoms with van der Waals surface area (Å²) in [6, 6.07) is 6.90. The Balaban J connectivity index is 2.56. The predicted octanol–water partition coefficient (Wildman–Crippen LogP) is 3.06. The maximum atomic E-state index is 4.74. The topological polar surface area (TPSA) is 28.2 Å². The molecular formula is C16H29N3. The second-order valence-corrected chi connectivity index (χ2v) is 5.80. The number of nitrogens with one attached hydrogen (secondary N) is 1. The molecule has 0 atom stereocenters. The second-order valence-electron chi connectivity index (χ2n) is 5.80. The van der Waals surface area contributed by atoms with Crippen molar-refractivity contribution in [2.75, 3.05) is 13.1 Å². The minimum Gasteiger partial charge on any atom is -0.311 e. The number of pyridine rings is 1. The molecule has 0 aliphatic heterocycles. The third-order valence-corrected chi connectivity index (χ3v) is 3.22. The van der Waals surface area contributed by atoms with Crippen molar-refractivity contribution in [3.63, 3.8) is 0 Å². The zero-order valence-corrected chi connectivity index (χ0v) is 13.1. The summed E-state index contributed by atoms with van der Waals surface area (Å²) >= 11 is 0. The Labute approximate surface area is 118 Å². The first-order valence-electron chi connectivity index (χ1n) is 7.42. The van der Waals surface area contributed by atoms with Gasteiger partial charge in [0.05, 0.1) is 11.4 Å². The molecule has 1 rings (SSSR count). The molecule has 3 nitrogen and oxygen atoms in total. The van der Waals surface area contributed by atoms with E-state index in [1.54, 1.807) is 0 Å². The molecule has 0 amide bonds. The first-order valence-corrected chi connectivity index (χ1v) is 7.42. The Hall–Kier alpha value is -0.930. The van der Waals surface area contributed by atoms with Gasteiger partial charge in [-0.25, -0.2) is 0 Å². The van der Waals surface area contributed by atoms with E-state index in [-0.39, 0.29) is 0 Å². The lowest BCUT2D eigenvalue weighted by Crippen LogP contribution is -2.30. The predicted molar refractivity (Wildman–Crippen MR) is 82.0 cm³/mol. The van der Waals surface area contributed by atoms with Gasteiger partial charge >= 0.3 is 0 Å². The standard InChI is InChI=1S/C16H29N3/c1-6-19(14(4)5)12-16-9-7-8-15(18-16)11-17-10-13(2)3/h7-9,13-14,17H,6,10-12H2,1-5H3. The molecule has 1 heterocycles. The van der Waals surface area contributed by atoms with Crippen LogP contribution in [0, 0.1) is 5.92 Å². The highest BCUT2D eigenvalue weighted by Crippen LogP contribution is 2.07. The summed E-state index contributed by atoms with van der Waals surface area (Å²) in [5, 5.41) is 3.44. The van der Waals surface area contributed by atoms with Gasteiger partial charge in [-0.15, -0.1) is 0 Å². The highest BCUT2D eigenvalue weighted by molar-refractivity contribution is 5.11. The van der Waals surface area contributed by atoms with Crippen LogP contribution >= 0.6 is 0 Å². The molecule has 0 radical (unpaired) electrons. The van der Waals surface area contributed by atoms with Crippen molar-refractivity contribution in [2.45, 2.75) is 53.8 Å². The SMILES string of the molecule is CCN(Cc1cccc(CNCC(C)C)n1)C(C)C. The lowest BCUT2D eigenvalue weighted by Gasteiger charge is -2.24. The van der Waals surface area contributed by atoms with Crippen molar-refractivity contribution >= 4 is 0 Å². The van der Waals surface area contributed by atoms with E-state index in [9.17, 15) is 0 Å². The van der Waals surface area contributed by atoms with Gasteiger partial charge in [-0.3, -0.25) is 9.88 Å². The van der Waals surface area contributed by atoms with E-state index < -0.39 is 0 Å². The molecule has 0 aliphatic rings. The summed E-state index contributed by atoms with van der Waals surface area (Å²) in [6.45, 7) is 15.0. The molecule has 0 bridgehead atoms. The maximum Gasteiger partial charge on any atom is 0.0547 e. The molecule has 0 aromatic carbocycles. The zero-order valence-electron chi connectivity index (χ0n) is 13.1. The summed E-state index contributed by atoms with van der Waals surface area (Å²) in [5.41, 5.74) is 2.30. The molecular weight excluding hydrogens is 234 g/mol. The van der Waals surface area contributed by atoms with Crippen molar-refractivity contribution in [1.82, 2.24) is 15.2 Å². The van der Waals surface area contributed by atoms with E-state index in [2.05, 4.69) is 63.0 Å². The Morgan fingerprint density at radius 3 is 2.42 bits per heavy atom. The van der Waals surface area contributed by atoms with Gasteiger partial charge in [0, 0.05) is 19.1 Å². The quantitative estimate of drug-likeness (QED) is 0.781. The molecule has 0 fully saturated rings. The Kier molecular flexibility index (Phi) is 7.03. The fraction of sp³-hybridized carbons (Fsp3) is 0.688. The number of nitrogens with zero attached hydrogens (tertiary/aromatic N) is 2. The fourth-order valence-electron chi connectivity index (χ4n) is 2.07. The van der Waals surface area contributed by atoms with Crippen LogP contribution in [-0.2, 0) is 13.1 Å². The van der Waals surface area contributed by atoms with Crippen LogP contribution in [0.4, 0.5) is 0 Å². The molecule has 1 N–H and O–H groups in total. The third kappa shape index (κ3) is 6.17. The Morgan fingerprint density at radius 2 is 1.84 bits per heavy atom. The third-order valence-electron chi connectivity index (χ3n) is 3.22. The number of hydrogen-bond acceptors (Lipinski definition) is 3. The van der Waals surface area contributed by atoms with Gasteiger partial charge in [0.25, 0.3) is 0 Å². The van der Waals surface area contributed by atoms with Crippen LogP contribution in [0.1, 0.15) is 46.0 Å². The smallest absolute Gasteiger partial charge is 0.0547 e. The van der Waals surface area contributed by atoms with Gasteiger partial charge < -0.3 is 5.32 Å². The van der Waals surface area contributed by atoms with E-state index in [0.29, 0.717) is 12.0 Å². The first-order chi connectivity index (χ1) is 9.02. The number of aromatic nitrogens is 1. The number of rotatable bonds is 8. The molecule has 108 valence electrons. The Morgan fingerprint density at radius 1 is 1.16 bits per heavy atom. The van der Waals surface area contributed by atoms with Crippen molar-refractivity contribution in [3.05, 3.63) is 29.6 Å². The normalized spacial score (nSPS) is 11.8.